The first-order valence-corrected chi connectivity index (χ1v) is 14.7. The van der Waals surface area contributed by atoms with Crippen molar-refractivity contribution in [2.75, 3.05) is 18.5 Å². The quantitative estimate of drug-likeness (QED) is 0.191. The first kappa shape index (κ1) is 31.9. The minimum Gasteiger partial charge on any atom is -0.487 e. The number of aromatic nitrogens is 2. The lowest BCUT2D eigenvalue weighted by Gasteiger charge is -2.14. The van der Waals surface area contributed by atoms with E-state index < -0.39 is 30.9 Å². The number of hydrogen-bond acceptors (Lipinski definition) is 5. The van der Waals surface area contributed by atoms with E-state index in [1.54, 1.807) is 23.7 Å². The first-order valence-electron chi connectivity index (χ1n) is 13.5. The van der Waals surface area contributed by atoms with Gasteiger partial charge in [0.05, 0.1) is 26.6 Å². The van der Waals surface area contributed by atoms with Crippen molar-refractivity contribution in [3.63, 3.8) is 0 Å². The molecule has 1 fully saturated rings. The molecule has 14 heteroatoms. The molecule has 2 heterocycles. The van der Waals surface area contributed by atoms with Crippen LogP contribution >= 0.6 is 34.8 Å². The van der Waals surface area contributed by atoms with Crippen molar-refractivity contribution in [3.8, 4) is 5.75 Å². The maximum Gasteiger partial charge on any atom is 0.272 e. The number of hydrogen-bond donors (Lipinski definition) is 2. The molecule has 1 aromatic heterocycles. The molecule has 1 saturated heterocycles. The van der Waals surface area contributed by atoms with Gasteiger partial charge in [-0.05, 0) is 54.3 Å². The Kier molecular flexibility index (Phi) is 9.89. The monoisotopic (exact) mass is 668 g/mol. The minimum atomic E-state index is -2.79. The number of alkyl halides is 2. The van der Waals surface area contributed by atoms with E-state index >= 15 is 0 Å². The van der Waals surface area contributed by atoms with Crippen LogP contribution in [0.3, 0.4) is 0 Å². The highest BCUT2D eigenvalue weighted by atomic mass is 35.5. The Morgan fingerprint density at radius 1 is 1.14 bits per heavy atom. The Morgan fingerprint density at radius 3 is 2.64 bits per heavy atom. The number of imidazole rings is 1. The molecule has 0 saturated carbocycles. The summed E-state index contributed by atoms with van der Waals surface area (Å²) in [6.07, 6.45) is -1.59. The summed E-state index contributed by atoms with van der Waals surface area (Å²) in [4.78, 5) is 30.3. The zero-order valence-electron chi connectivity index (χ0n) is 23.2. The smallest absolute Gasteiger partial charge is 0.272 e. The normalized spacial score (nSPS) is 14.8. The largest absolute Gasteiger partial charge is 0.487 e. The minimum absolute atomic E-state index is 0.0664. The van der Waals surface area contributed by atoms with Gasteiger partial charge in [0.25, 0.3) is 12.3 Å². The first-order chi connectivity index (χ1) is 21.0. The standard InChI is InChI=1S/C30H26Cl3F3N4O4/c1-40-23-12-25(44-14-26(35)36)18(29(41)38-16-5-7-21(34)20(32)9-16)10-22(23)39-27(40)11-17-19(31)6-4-15(28(17)33)13-37-30(42)24-3-2-8-43-24/h4-7,9-10,12,24,26H,2-3,8,11,13-14H2,1H3,(H,37,42)(H,38,41). The summed E-state index contributed by atoms with van der Waals surface area (Å²) in [5.74, 6) is -1.17. The number of nitrogens with zero attached hydrogens (tertiary/aromatic N) is 2. The van der Waals surface area contributed by atoms with Gasteiger partial charge in [-0.2, -0.15) is 0 Å². The fourth-order valence-electron chi connectivity index (χ4n) is 4.83. The van der Waals surface area contributed by atoms with Gasteiger partial charge in [0.15, 0.2) is 0 Å². The second-order valence-electron chi connectivity index (χ2n) is 10.1. The lowest BCUT2D eigenvalue weighted by molar-refractivity contribution is -0.130. The third-order valence-electron chi connectivity index (χ3n) is 7.14. The molecule has 44 heavy (non-hydrogen) atoms. The van der Waals surface area contributed by atoms with Crippen LogP contribution in [0.5, 0.6) is 5.75 Å². The number of amides is 2. The second-order valence-corrected chi connectivity index (χ2v) is 11.3. The average molecular weight is 670 g/mol. The molecule has 2 amide bonds. The fraction of sp³-hybridized carbons (Fsp3) is 0.300. The van der Waals surface area contributed by atoms with Gasteiger partial charge in [-0.15, -0.1) is 0 Å². The fourth-order valence-corrected chi connectivity index (χ4v) is 5.58. The number of benzene rings is 3. The highest BCUT2D eigenvalue weighted by Gasteiger charge is 2.24. The summed E-state index contributed by atoms with van der Waals surface area (Å²) < 4.78 is 52.2. The number of carbonyl (C=O) groups excluding carboxylic acids is 2. The maximum atomic E-state index is 13.6. The molecule has 3 aromatic carbocycles. The molecule has 4 aromatic rings. The van der Waals surface area contributed by atoms with Crippen molar-refractivity contribution in [3.05, 3.63) is 85.9 Å². The third kappa shape index (κ3) is 7.07. The Balaban J connectivity index is 1.44. The predicted octanol–water partition coefficient (Wildman–Crippen LogP) is 6.95. The van der Waals surface area contributed by atoms with E-state index in [0.29, 0.717) is 51.1 Å². The van der Waals surface area contributed by atoms with Crippen LogP contribution in [0.2, 0.25) is 15.1 Å². The molecule has 0 spiro atoms. The van der Waals surface area contributed by atoms with E-state index in [0.717, 1.165) is 12.5 Å². The lowest BCUT2D eigenvalue weighted by atomic mass is 10.1. The van der Waals surface area contributed by atoms with Crippen molar-refractivity contribution in [1.29, 1.82) is 0 Å². The van der Waals surface area contributed by atoms with E-state index in [9.17, 15) is 22.8 Å². The number of rotatable bonds is 10. The number of ether oxygens (including phenoxy) is 2. The zero-order chi connectivity index (χ0) is 31.5. The number of halogens is 6. The van der Waals surface area contributed by atoms with Gasteiger partial charge in [0, 0.05) is 43.4 Å². The SMILES string of the molecule is Cn1c(Cc2c(Cl)ccc(CNC(=O)C3CCCO3)c2Cl)nc2cc(C(=O)Nc3ccc(F)c(Cl)c3)c(OCC(F)F)cc21. The average Bonchev–Trinajstić information content (AvgIpc) is 3.63. The van der Waals surface area contributed by atoms with Crippen molar-refractivity contribution in [1.82, 2.24) is 14.9 Å². The second kappa shape index (κ2) is 13.6. The summed E-state index contributed by atoms with van der Waals surface area (Å²) in [6, 6.07) is 9.89. The predicted molar refractivity (Wildman–Crippen MR) is 162 cm³/mol. The lowest BCUT2D eigenvalue weighted by Crippen LogP contribution is -2.33. The van der Waals surface area contributed by atoms with Crippen LogP contribution in [0.25, 0.3) is 11.0 Å². The topological polar surface area (TPSA) is 94.5 Å². The molecular weight excluding hydrogens is 644 g/mol. The number of aryl methyl sites for hydroxylation is 1. The van der Waals surface area contributed by atoms with Gasteiger partial charge >= 0.3 is 0 Å². The van der Waals surface area contributed by atoms with Crippen LogP contribution in [0.4, 0.5) is 18.9 Å². The van der Waals surface area contributed by atoms with Gasteiger partial charge in [-0.25, -0.2) is 18.2 Å². The molecule has 1 atom stereocenters. The van der Waals surface area contributed by atoms with Gasteiger partial charge in [0.2, 0.25) is 5.91 Å². The zero-order valence-corrected chi connectivity index (χ0v) is 25.5. The Hall–Kier alpha value is -3.51. The number of nitrogens with one attached hydrogen (secondary N) is 2. The van der Waals surface area contributed by atoms with Crippen molar-refractivity contribution in [2.24, 2.45) is 7.05 Å². The van der Waals surface area contributed by atoms with E-state index in [1.165, 1.54) is 24.3 Å². The molecule has 1 aliphatic heterocycles. The third-order valence-corrected chi connectivity index (χ3v) is 8.25. The molecule has 2 N–H and O–H groups in total. The Labute approximate surface area is 265 Å². The molecular formula is C30H26Cl3F3N4O4. The molecule has 0 aliphatic carbocycles. The summed E-state index contributed by atoms with van der Waals surface area (Å²) in [7, 11) is 1.72. The molecule has 5 rings (SSSR count). The van der Waals surface area contributed by atoms with E-state index in [4.69, 9.17) is 44.3 Å². The maximum absolute atomic E-state index is 13.6. The number of fused-ring (bicyclic) bond motifs is 1. The summed E-state index contributed by atoms with van der Waals surface area (Å²) in [5, 5.41) is 5.96. The molecule has 1 unspecified atom stereocenters. The van der Waals surface area contributed by atoms with Crippen LogP contribution in [0.15, 0.2) is 42.5 Å². The van der Waals surface area contributed by atoms with Crippen LogP contribution in [-0.4, -0.2) is 47.1 Å². The van der Waals surface area contributed by atoms with Crippen LogP contribution in [0, 0.1) is 5.82 Å². The number of anilines is 1. The Morgan fingerprint density at radius 2 is 1.93 bits per heavy atom. The molecule has 0 radical (unpaired) electrons. The highest BCUT2D eigenvalue weighted by Crippen LogP contribution is 2.33. The van der Waals surface area contributed by atoms with Gasteiger partial charge < -0.3 is 24.7 Å². The highest BCUT2D eigenvalue weighted by molar-refractivity contribution is 6.36. The van der Waals surface area contributed by atoms with Crippen LogP contribution < -0.4 is 15.4 Å². The van der Waals surface area contributed by atoms with Gasteiger partial charge in [-0.3, -0.25) is 9.59 Å². The summed E-state index contributed by atoms with van der Waals surface area (Å²) >= 11 is 19.1. The summed E-state index contributed by atoms with van der Waals surface area (Å²) in [5.41, 5.74) is 2.22. The number of carbonyl (C=O) groups is 2. The van der Waals surface area contributed by atoms with Crippen LogP contribution in [0.1, 0.15) is 40.2 Å². The Bertz CT molecular complexity index is 1730. The van der Waals surface area contributed by atoms with Crippen molar-refractivity contribution >= 4 is 63.3 Å². The summed E-state index contributed by atoms with van der Waals surface area (Å²) in [6.45, 7) is -0.218. The van der Waals surface area contributed by atoms with Crippen molar-refractivity contribution < 1.29 is 32.2 Å². The van der Waals surface area contributed by atoms with Crippen LogP contribution in [-0.2, 0) is 29.5 Å². The molecule has 0 bridgehead atoms. The van der Waals surface area contributed by atoms with Gasteiger partial charge in [0.1, 0.15) is 30.1 Å². The van der Waals surface area contributed by atoms with Gasteiger partial charge in [-0.1, -0.05) is 40.9 Å². The molecule has 8 nitrogen and oxygen atoms in total. The van der Waals surface area contributed by atoms with E-state index in [1.807, 2.05) is 0 Å². The van der Waals surface area contributed by atoms with Crippen molar-refractivity contribution in [2.45, 2.75) is 38.3 Å². The molecule has 1 aliphatic rings. The van der Waals surface area contributed by atoms with E-state index in [2.05, 4.69) is 15.6 Å². The van der Waals surface area contributed by atoms with E-state index in [-0.39, 0.29) is 40.9 Å². The molecule has 232 valence electrons.